The summed E-state index contributed by atoms with van der Waals surface area (Å²) in [5.74, 6) is 1.23. The van der Waals surface area contributed by atoms with E-state index in [0.29, 0.717) is 54.3 Å². The highest BCUT2D eigenvalue weighted by Crippen LogP contribution is 2.30. The maximum absolute atomic E-state index is 13.9. The smallest absolute Gasteiger partial charge is 0.335 e. The van der Waals surface area contributed by atoms with Gasteiger partial charge in [0.1, 0.15) is 35.0 Å². The molecule has 1 aliphatic heterocycles. The van der Waals surface area contributed by atoms with Gasteiger partial charge in [0.2, 0.25) is 0 Å². The number of likely N-dealkylation sites (N-methyl/N-ethyl adjacent to an activating group) is 1. The molecule has 2 N–H and O–H groups in total. The number of rotatable bonds is 7. The molecule has 0 spiro atoms. The van der Waals surface area contributed by atoms with Crippen LogP contribution < -0.4 is 16.2 Å². The molecule has 0 bridgehead atoms. The SMILES string of the molecule is CN(C)C(C)(C)C=C(C#N)C(=O)N1CCC(n2c(=O)n(-c3ccc(Oc4ccccc4)cc3)c3c(N)ncnc32)CC1. The van der Waals surface area contributed by atoms with Gasteiger partial charge in [-0.1, -0.05) is 18.2 Å². The largest absolute Gasteiger partial charge is 0.457 e. The monoisotopic (exact) mass is 566 g/mol. The number of benzene rings is 2. The number of nitriles is 1. The lowest BCUT2D eigenvalue weighted by Crippen LogP contribution is -2.42. The topological polar surface area (TPSA) is 135 Å². The van der Waals surface area contributed by atoms with Crippen molar-refractivity contribution < 1.29 is 9.53 Å². The van der Waals surface area contributed by atoms with E-state index in [1.54, 1.807) is 39.8 Å². The van der Waals surface area contributed by atoms with Crippen LogP contribution in [0.5, 0.6) is 11.5 Å². The lowest BCUT2D eigenvalue weighted by Gasteiger charge is -2.33. The second-order valence-corrected chi connectivity index (χ2v) is 11.1. The third-order valence-corrected chi connectivity index (χ3v) is 7.87. The summed E-state index contributed by atoms with van der Waals surface area (Å²) in [5, 5.41) is 9.72. The molecule has 42 heavy (non-hydrogen) atoms. The Kier molecular flexibility index (Phi) is 7.83. The molecule has 3 heterocycles. The molecule has 1 aliphatic rings. The highest BCUT2D eigenvalue weighted by molar-refractivity contribution is 5.97. The second-order valence-electron chi connectivity index (χ2n) is 11.1. The predicted octanol–water partition coefficient (Wildman–Crippen LogP) is 3.91. The van der Waals surface area contributed by atoms with Gasteiger partial charge in [0.05, 0.1) is 5.69 Å². The van der Waals surface area contributed by atoms with Gasteiger partial charge < -0.3 is 20.3 Å². The minimum absolute atomic E-state index is 0.112. The number of hydrogen-bond donors (Lipinski definition) is 1. The lowest BCUT2D eigenvalue weighted by molar-refractivity contribution is -0.128. The molecule has 0 atom stereocenters. The van der Waals surface area contributed by atoms with Crippen molar-refractivity contribution in [1.82, 2.24) is 28.9 Å². The van der Waals surface area contributed by atoms with Crippen molar-refractivity contribution in [2.24, 2.45) is 0 Å². The summed E-state index contributed by atoms with van der Waals surface area (Å²) in [4.78, 5) is 39.4. The summed E-state index contributed by atoms with van der Waals surface area (Å²) in [6, 6.07) is 18.5. The number of hydrogen-bond acceptors (Lipinski definition) is 8. The Morgan fingerprint density at radius 3 is 2.33 bits per heavy atom. The van der Waals surface area contributed by atoms with Gasteiger partial charge >= 0.3 is 5.69 Å². The Balaban J connectivity index is 1.41. The van der Waals surface area contributed by atoms with Gasteiger partial charge in [-0.15, -0.1) is 0 Å². The van der Waals surface area contributed by atoms with E-state index < -0.39 is 5.54 Å². The Morgan fingerprint density at radius 2 is 1.71 bits per heavy atom. The molecule has 216 valence electrons. The second kappa shape index (κ2) is 11.5. The number of carbonyl (C=O) groups is 1. The summed E-state index contributed by atoms with van der Waals surface area (Å²) in [5.41, 5.74) is 7.11. The van der Waals surface area contributed by atoms with Gasteiger partial charge in [-0.3, -0.25) is 13.9 Å². The van der Waals surface area contributed by atoms with Crippen molar-refractivity contribution in [1.29, 1.82) is 5.26 Å². The van der Waals surface area contributed by atoms with Gasteiger partial charge in [-0.25, -0.2) is 14.8 Å². The lowest BCUT2D eigenvalue weighted by atomic mass is 9.98. The summed E-state index contributed by atoms with van der Waals surface area (Å²) in [6.45, 7) is 4.69. The van der Waals surface area contributed by atoms with Crippen LogP contribution in [0.2, 0.25) is 0 Å². The van der Waals surface area contributed by atoms with Gasteiger partial charge in [-0.05, 0) is 83.3 Å². The van der Waals surface area contributed by atoms with Gasteiger partial charge in [0.15, 0.2) is 11.5 Å². The Bertz CT molecular complexity index is 1720. The standard InChI is InChI=1S/C31H34N8O3/c1-31(2,36(3)4)18-21(19-32)29(40)37-16-14-23(15-17-37)39-28-26(27(33)34-20-35-28)38(30(39)41)22-10-12-25(13-11-22)42-24-8-6-5-7-9-24/h5-13,18,20,23H,14-17H2,1-4H3,(H2,33,34,35). The highest BCUT2D eigenvalue weighted by Gasteiger charge is 2.31. The third-order valence-electron chi connectivity index (χ3n) is 7.87. The van der Waals surface area contributed by atoms with Crippen molar-refractivity contribution in [2.75, 3.05) is 32.9 Å². The number of para-hydroxylation sites is 1. The fraction of sp³-hybridized carbons (Fsp3) is 0.323. The van der Waals surface area contributed by atoms with Crippen molar-refractivity contribution in [3.8, 4) is 23.3 Å². The minimum atomic E-state index is -0.459. The van der Waals surface area contributed by atoms with E-state index in [1.807, 2.05) is 63.2 Å². The zero-order chi connectivity index (χ0) is 30.0. The average molecular weight is 567 g/mol. The van der Waals surface area contributed by atoms with Crippen molar-refractivity contribution in [3.63, 3.8) is 0 Å². The fourth-order valence-electron chi connectivity index (χ4n) is 5.05. The van der Waals surface area contributed by atoms with Gasteiger partial charge in [0.25, 0.3) is 5.91 Å². The fourth-order valence-corrected chi connectivity index (χ4v) is 5.05. The number of likely N-dealkylation sites (tertiary alicyclic amines) is 1. The number of fused-ring (bicyclic) bond motifs is 1. The van der Waals surface area contributed by atoms with Crippen LogP contribution in [0.4, 0.5) is 5.82 Å². The van der Waals surface area contributed by atoms with Crippen molar-refractivity contribution in [2.45, 2.75) is 38.3 Å². The summed E-state index contributed by atoms with van der Waals surface area (Å²) >= 11 is 0. The number of imidazole rings is 1. The first-order valence-electron chi connectivity index (χ1n) is 13.8. The molecule has 2 aromatic heterocycles. The van der Waals surface area contributed by atoms with Gasteiger partial charge in [0, 0.05) is 24.7 Å². The molecule has 11 nitrogen and oxygen atoms in total. The maximum Gasteiger partial charge on any atom is 0.335 e. The highest BCUT2D eigenvalue weighted by atomic mass is 16.5. The first-order chi connectivity index (χ1) is 20.1. The number of nitrogens with two attached hydrogens (primary N) is 1. The quantitative estimate of drug-likeness (QED) is 0.263. The van der Waals surface area contributed by atoms with Crippen molar-refractivity contribution >= 4 is 22.9 Å². The molecule has 2 aromatic carbocycles. The minimum Gasteiger partial charge on any atom is -0.457 e. The average Bonchev–Trinajstić information content (AvgIpc) is 3.29. The molecule has 1 saturated heterocycles. The zero-order valence-electron chi connectivity index (χ0n) is 24.2. The van der Waals surface area contributed by atoms with E-state index in [2.05, 4.69) is 16.0 Å². The first-order valence-corrected chi connectivity index (χ1v) is 13.8. The van der Waals surface area contributed by atoms with Crippen LogP contribution in [-0.2, 0) is 4.79 Å². The molecule has 0 saturated carbocycles. The van der Waals surface area contributed by atoms with E-state index in [-0.39, 0.29) is 29.0 Å². The Labute approximate surface area is 244 Å². The maximum atomic E-state index is 13.9. The van der Waals surface area contributed by atoms with Crippen LogP contribution in [0.3, 0.4) is 0 Å². The number of piperidine rings is 1. The number of ether oxygens (including phenoxy) is 1. The number of aromatic nitrogens is 4. The number of carbonyl (C=O) groups excluding carboxylic acids is 1. The normalized spacial score (nSPS) is 14.8. The van der Waals surface area contributed by atoms with Crippen LogP contribution in [0, 0.1) is 11.3 Å². The van der Waals surface area contributed by atoms with Crippen LogP contribution >= 0.6 is 0 Å². The molecule has 4 aromatic rings. The summed E-state index contributed by atoms with van der Waals surface area (Å²) in [7, 11) is 3.80. The summed E-state index contributed by atoms with van der Waals surface area (Å²) in [6.07, 6.45) is 4.10. The molecule has 0 unspecified atom stereocenters. The molecule has 0 aliphatic carbocycles. The van der Waals surface area contributed by atoms with E-state index in [0.717, 1.165) is 0 Å². The third kappa shape index (κ3) is 5.49. The van der Waals surface area contributed by atoms with E-state index in [1.165, 1.54) is 10.9 Å². The molecule has 0 radical (unpaired) electrons. The first kappa shape index (κ1) is 28.6. The van der Waals surface area contributed by atoms with Crippen LogP contribution in [0.15, 0.2) is 77.4 Å². The molecule has 1 fully saturated rings. The number of amides is 1. The molecule has 11 heteroatoms. The summed E-state index contributed by atoms with van der Waals surface area (Å²) < 4.78 is 9.08. The molecule has 5 rings (SSSR count). The Hall–Kier alpha value is -4.95. The van der Waals surface area contributed by atoms with Crippen LogP contribution in [-0.4, -0.2) is 67.5 Å². The van der Waals surface area contributed by atoms with Crippen LogP contribution in [0.1, 0.15) is 32.7 Å². The zero-order valence-corrected chi connectivity index (χ0v) is 24.2. The number of anilines is 1. The number of nitrogen functional groups attached to an aromatic ring is 1. The van der Waals surface area contributed by atoms with Gasteiger partial charge in [-0.2, -0.15) is 5.26 Å². The predicted molar refractivity (Wildman–Crippen MR) is 160 cm³/mol. The van der Waals surface area contributed by atoms with E-state index >= 15 is 0 Å². The van der Waals surface area contributed by atoms with E-state index in [4.69, 9.17) is 10.5 Å². The molecular weight excluding hydrogens is 532 g/mol. The molecule has 1 amide bonds. The molecular formula is C31H34N8O3. The van der Waals surface area contributed by atoms with E-state index in [9.17, 15) is 14.9 Å². The van der Waals surface area contributed by atoms with Crippen molar-refractivity contribution in [3.05, 3.63) is 83.1 Å². The number of nitrogens with zero attached hydrogens (tertiary/aromatic N) is 7. The van der Waals surface area contributed by atoms with Crippen LogP contribution in [0.25, 0.3) is 16.9 Å². The Morgan fingerprint density at radius 1 is 1.07 bits per heavy atom.